The topological polar surface area (TPSA) is 56.7 Å². The SMILES string of the molecule is C[C@@H](O)c1ccc(N2CCCN(C)C(=O)C2)cn1. The van der Waals surface area contributed by atoms with Crippen molar-refractivity contribution in [3.63, 3.8) is 0 Å². The number of hydrogen-bond donors (Lipinski definition) is 1. The summed E-state index contributed by atoms with van der Waals surface area (Å²) in [6.45, 7) is 3.74. The lowest BCUT2D eigenvalue weighted by molar-refractivity contribution is -0.127. The number of aromatic nitrogens is 1. The number of aliphatic hydroxyl groups is 1. The van der Waals surface area contributed by atoms with Crippen LogP contribution in [0.25, 0.3) is 0 Å². The highest BCUT2D eigenvalue weighted by Crippen LogP contribution is 2.18. The third-order valence-corrected chi connectivity index (χ3v) is 3.24. The number of hydrogen-bond acceptors (Lipinski definition) is 4. The Labute approximate surface area is 107 Å². The van der Waals surface area contributed by atoms with Crippen LogP contribution in [-0.4, -0.2) is 47.6 Å². The molecule has 1 aliphatic heterocycles. The lowest BCUT2D eigenvalue weighted by Gasteiger charge is -2.21. The zero-order valence-electron chi connectivity index (χ0n) is 10.8. The van der Waals surface area contributed by atoms with E-state index in [0.717, 1.165) is 25.2 Å². The van der Waals surface area contributed by atoms with Gasteiger partial charge in [-0.1, -0.05) is 0 Å². The number of likely N-dealkylation sites (N-methyl/N-ethyl adjacent to an activating group) is 1. The van der Waals surface area contributed by atoms with Gasteiger partial charge in [-0.05, 0) is 25.5 Å². The summed E-state index contributed by atoms with van der Waals surface area (Å²) < 4.78 is 0. The van der Waals surface area contributed by atoms with Crippen LogP contribution >= 0.6 is 0 Å². The zero-order chi connectivity index (χ0) is 13.1. The third-order valence-electron chi connectivity index (χ3n) is 3.24. The molecular formula is C13H19N3O2. The van der Waals surface area contributed by atoms with E-state index >= 15 is 0 Å². The molecule has 18 heavy (non-hydrogen) atoms. The summed E-state index contributed by atoms with van der Waals surface area (Å²) >= 11 is 0. The van der Waals surface area contributed by atoms with Crippen LogP contribution in [0, 0.1) is 0 Å². The summed E-state index contributed by atoms with van der Waals surface area (Å²) in [6, 6.07) is 3.72. The van der Waals surface area contributed by atoms with E-state index in [1.807, 2.05) is 18.0 Å². The number of amides is 1. The molecule has 0 bridgehead atoms. The van der Waals surface area contributed by atoms with Crippen molar-refractivity contribution in [1.29, 1.82) is 0 Å². The van der Waals surface area contributed by atoms with Crippen LogP contribution in [0.15, 0.2) is 18.3 Å². The van der Waals surface area contributed by atoms with Gasteiger partial charge in [-0.15, -0.1) is 0 Å². The predicted octanol–water partition coefficient (Wildman–Crippen LogP) is 0.803. The predicted molar refractivity (Wildman–Crippen MR) is 69.3 cm³/mol. The molecule has 0 unspecified atom stereocenters. The standard InChI is InChI=1S/C13H19N3O2/c1-10(17)12-5-4-11(8-14-12)16-7-3-6-15(2)13(18)9-16/h4-5,8,10,17H,3,6-7,9H2,1-2H3/t10-/m1/s1. The first-order chi connectivity index (χ1) is 8.58. The summed E-state index contributed by atoms with van der Waals surface area (Å²) in [6.07, 6.45) is 2.12. The quantitative estimate of drug-likeness (QED) is 0.842. The Kier molecular flexibility index (Phi) is 3.81. The molecule has 2 rings (SSSR count). The lowest BCUT2D eigenvalue weighted by Crippen LogP contribution is -2.34. The Hall–Kier alpha value is -1.62. The van der Waals surface area contributed by atoms with E-state index < -0.39 is 6.10 Å². The van der Waals surface area contributed by atoms with E-state index in [2.05, 4.69) is 4.98 Å². The fourth-order valence-corrected chi connectivity index (χ4v) is 2.04. The first-order valence-electron chi connectivity index (χ1n) is 6.21. The van der Waals surface area contributed by atoms with Crippen LogP contribution in [-0.2, 0) is 4.79 Å². The van der Waals surface area contributed by atoms with E-state index in [1.54, 1.807) is 24.1 Å². The number of pyridine rings is 1. The van der Waals surface area contributed by atoms with Gasteiger partial charge in [0.2, 0.25) is 5.91 Å². The van der Waals surface area contributed by atoms with Crippen molar-refractivity contribution >= 4 is 11.6 Å². The molecule has 1 atom stereocenters. The second kappa shape index (κ2) is 5.35. The number of anilines is 1. The fraction of sp³-hybridized carbons (Fsp3) is 0.538. The molecule has 1 aliphatic rings. The van der Waals surface area contributed by atoms with Gasteiger partial charge >= 0.3 is 0 Å². The maximum Gasteiger partial charge on any atom is 0.241 e. The first-order valence-corrected chi connectivity index (χ1v) is 6.21. The van der Waals surface area contributed by atoms with Gasteiger partial charge in [-0.25, -0.2) is 0 Å². The number of rotatable bonds is 2. The van der Waals surface area contributed by atoms with E-state index in [0.29, 0.717) is 12.2 Å². The van der Waals surface area contributed by atoms with Crippen molar-refractivity contribution in [2.75, 3.05) is 31.6 Å². The minimum atomic E-state index is -0.559. The van der Waals surface area contributed by atoms with Gasteiger partial charge in [0.15, 0.2) is 0 Å². The molecule has 5 heteroatoms. The number of carbonyl (C=O) groups excluding carboxylic acids is 1. The fourth-order valence-electron chi connectivity index (χ4n) is 2.04. The average molecular weight is 249 g/mol. The van der Waals surface area contributed by atoms with Gasteiger partial charge in [-0.3, -0.25) is 9.78 Å². The van der Waals surface area contributed by atoms with Gasteiger partial charge in [0.25, 0.3) is 0 Å². The van der Waals surface area contributed by atoms with Gasteiger partial charge in [0.1, 0.15) is 0 Å². The molecule has 0 radical (unpaired) electrons. The van der Waals surface area contributed by atoms with Crippen LogP contribution < -0.4 is 4.90 Å². The minimum absolute atomic E-state index is 0.132. The highest BCUT2D eigenvalue weighted by Gasteiger charge is 2.19. The maximum atomic E-state index is 11.8. The minimum Gasteiger partial charge on any atom is -0.387 e. The molecule has 2 heterocycles. The van der Waals surface area contributed by atoms with Crippen molar-refractivity contribution in [1.82, 2.24) is 9.88 Å². The Balaban J connectivity index is 2.13. The Morgan fingerprint density at radius 3 is 2.78 bits per heavy atom. The number of aliphatic hydroxyl groups excluding tert-OH is 1. The summed E-state index contributed by atoms with van der Waals surface area (Å²) in [5.74, 6) is 0.132. The van der Waals surface area contributed by atoms with Crippen LogP contribution in [0.5, 0.6) is 0 Å². The van der Waals surface area contributed by atoms with Crippen molar-refractivity contribution in [2.45, 2.75) is 19.4 Å². The molecule has 0 aromatic carbocycles. The molecular weight excluding hydrogens is 230 g/mol. The molecule has 0 spiro atoms. The molecule has 1 amide bonds. The smallest absolute Gasteiger partial charge is 0.241 e. The Bertz CT molecular complexity index is 417. The molecule has 1 aromatic heterocycles. The van der Waals surface area contributed by atoms with Gasteiger partial charge < -0.3 is 14.9 Å². The number of nitrogens with zero attached hydrogens (tertiary/aromatic N) is 3. The highest BCUT2D eigenvalue weighted by atomic mass is 16.3. The van der Waals surface area contributed by atoms with E-state index in [9.17, 15) is 9.90 Å². The van der Waals surface area contributed by atoms with Crippen molar-refractivity contribution in [3.8, 4) is 0 Å². The molecule has 1 aromatic rings. The molecule has 1 N–H and O–H groups in total. The highest BCUT2D eigenvalue weighted by molar-refractivity contribution is 5.81. The van der Waals surface area contributed by atoms with Crippen molar-refractivity contribution in [3.05, 3.63) is 24.0 Å². The van der Waals surface area contributed by atoms with Gasteiger partial charge in [0, 0.05) is 20.1 Å². The van der Waals surface area contributed by atoms with Crippen LogP contribution in [0.3, 0.4) is 0 Å². The number of carbonyl (C=O) groups is 1. The van der Waals surface area contributed by atoms with E-state index in [1.165, 1.54) is 0 Å². The van der Waals surface area contributed by atoms with E-state index in [-0.39, 0.29) is 5.91 Å². The van der Waals surface area contributed by atoms with Crippen LogP contribution in [0.1, 0.15) is 25.1 Å². The van der Waals surface area contributed by atoms with Crippen LogP contribution in [0.2, 0.25) is 0 Å². The average Bonchev–Trinajstić information content (AvgIpc) is 2.52. The van der Waals surface area contributed by atoms with Crippen molar-refractivity contribution in [2.24, 2.45) is 0 Å². The van der Waals surface area contributed by atoms with Gasteiger partial charge in [0.05, 0.1) is 30.2 Å². The Morgan fingerprint density at radius 1 is 1.39 bits per heavy atom. The largest absolute Gasteiger partial charge is 0.387 e. The molecule has 1 fully saturated rings. The second-order valence-corrected chi connectivity index (χ2v) is 4.71. The zero-order valence-corrected chi connectivity index (χ0v) is 10.8. The van der Waals surface area contributed by atoms with E-state index in [4.69, 9.17) is 0 Å². The van der Waals surface area contributed by atoms with Gasteiger partial charge in [-0.2, -0.15) is 0 Å². The molecule has 0 saturated carbocycles. The summed E-state index contributed by atoms with van der Waals surface area (Å²) in [5.41, 5.74) is 1.58. The summed E-state index contributed by atoms with van der Waals surface area (Å²) in [4.78, 5) is 19.8. The van der Waals surface area contributed by atoms with Crippen LogP contribution in [0.4, 0.5) is 5.69 Å². The second-order valence-electron chi connectivity index (χ2n) is 4.71. The molecule has 5 nitrogen and oxygen atoms in total. The lowest BCUT2D eigenvalue weighted by atomic mass is 10.2. The molecule has 98 valence electrons. The first kappa shape index (κ1) is 12.8. The molecule has 1 saturated heterocycles. The summed E-state index contributed by atoms with van der Waals surface area (Å²) in [7, 11) is 1.83. The third kappa shape index (κ3) is 2.79. The Morgan fingerprint density at radius 2 is 2.17 bits per heavy atom. The monoisotopic (exact) mass is 249 g/mol. The normalized spacial score (nSPS) is 18.7. The molecule has 0 aliphatic carbocycles. The maximum absolute atomic E-state index is 11.8. The summed E-state index contributed by atoms with van der Waals surface area (Å²) in [5, 5.41) is 9.41. The van der Waals surface area contributed by atoms with Crippen molar-refractivity contribution < 1.29 is 9.90 Å².